The van der Waals surface area contributed by atoms with Gasteiger partial charge in [-0.25, -0.2) is 0 Å². The summed E-state index contributed by atoms with van der Waals surface area (Å²) in [6, 6.07) is 12.4. The summed E-state index contributed by atoms with van der Waals surface area (Å²) in [7, 11) is 2.05. The van der Waals surface area contributed by atoms with Gasteiger partial charge in [-0.3, -0.25) is 0 Å². The molecule has 0 heterocycles. The first-order valence-electron chi connectivity index (χ1n) is 7.00. The van der Waals surface area contributed by atoms with Crippen molar-refractivity contribution in [2.24, 2.45) is 5.92 Å². The lowest BCUT2D eigenvalue weighted by Gasteiger charge is -2.20. The van der Waals surface area contributed by atoms with Gasteiger partial charge in [0.15, 0.2) is 0 Å². The van der Waals surface area contributed by atoms with Crippen molar-refractivity contribution in [2.75, 3.05) is 33.4 Å². The summed E-state index contributed by atoms with van der Waals surface area (Å²) in [6.07, 6.45) is 2.67. The molecule has 0 radical (unpaired) electrons. The Labute approximate surface area is 115 Å². The van der Waals surface area contributed by atoms with Gasteiger partial charge >= 0.3 is 0 Å². The van der Waals surface area contributed by atoms with Gasteiger partial charge in [-0.2, -0.15) is 5.26 Å². The molecule has 0 aromatic heterocycles. The van der Waals surface area contributed by atoms with Crippen LogP contribution in [-0.4, -0.2) is 38.3 Å². The van der Waals surface area contributed by atoms with E-state index in [1.807, 2.05) is 37.4 Å². The minimum atomic E-state index is -0.0605. The third kappa shape index (κ3) is 5.02. The third-order valence-electron chi connectivity index (χ3n) is 3.52. The molecule has 1 atom stereocenters. The Bertz CT molecular complexity index is 409. The molecule has 2 rings (SSSR count). The van der Waals surface area contributed by atoms with Crippen molar-refractivity contribution in [3.05, 3.63) is 35.9 Å². The van der Waals surface area contributed by atoms with Crippen LogP contribution in [0.1, 0.15) is 24.3 Å². The highest BCUT2D eigenvalue weighted by Crippen LogP contribution is 2.28. The highest BCUT2D eigenvalue weighted by atomic mass is 16.5. The molecule has 1 aliphatic carbocycles. The summed E-state index contributed by atoms with van der Waals surface area (Å²) in [4.78, 5) is 2.17. The van der Waals surface area contributed by atoms with Crippen molar-refractivity contribution < 1.29 is 4.74 Å². The lowest BCUT2D eigenvalue weighted by Crippen LogP contribution is -2.28. The zero-order chi connectivity index (χ0) is 13.5. The van der Waals surface area contributed by atoms with Crippen LogP contribution < -0.4 is 0 Å². The molecule has 1 unspecified atom stereocenters. The van der Waals surface area contributed by atoms with E-state index in [1.54, 1.807) is 0 Å². The Hall–Kier alpha value is -1.37. The summed E-state index contributed by atoms with van der Waals surface area (Å²) >= 11 is 0. The van der Waals surface area contributed by atoms with Crippen LogP contribution in [0.2, 0.25) is 0 Å². The summed E-state index contributed by atoms with van der Waals surface area (Å²) in [5.41, 5.74) is 1.09. The first-order valence-corrected chi connectivity index (χ1v) is 7.00. The first kappa shape index (κ1) is 14.0. The highest BCUT2D eigenvalue weighted by Gasteiger charge is 2.21. The van der Waals surface area contributed by atoms with Gasteiger partial charge in [0, 0.05) is 19.7 Å². The Kier molecular flexibility index (Phi) is 5.38. The number of hydrogen-bond donors (Lipinski definition) is 0. The van der Waals surface area contributed by atoms with Gasteiger partial charge < -0.3 is 9.64 Å². The van der Waals surface area contributed by atoms with Crippen LogP contribution in [-0.2, 0) is 4.74 Å². The van der Waals surface area contributed by atoms with E-state index < -0.39 is 0 Å². The number of benzene rings is 1. The standard InChI is InChI=1S/C16H22N2O/c1-18(9-10-19-13-14-7-8-14)12-16(11-17)15-5-3-2-4-6-15/h2-6,14,16H,7-10,12-13H2,1H3. The lowest BCUT2D eigenvalue weighted by molar-refractivity contribution is 0.103. The first-order chi connectivity index (χ1) is 9.29. The second-order valence-corrected chi connectivity index (χ2v) is 5.37. The molecule has 0 saturated heterocycles. The number of hydrogen-bond acceptors (Lipinski definition) is 3. The van der Waals surface area contributed by atoms with E-state index in [9.17, 15) is 5.26 Å². The average molecular weight is 258 g/mol. The van der Waals surface area contributed by atoms with Gasteiger partial charge in [0.1, 0.15) is 0 Å². The second kappa shape index (κ2) is 7.28. The van der Waals surface area contributed by atoms with Gasteiger partial charge in [-0.05, 0) is 31.4 Å². The third-order valence-corrected chi connectivity index (χ3v) is 3.52. The number of nitrogens with zero attached hydrogens (tertiary/aromatic N) is 2. The largest absolute Gasteiger partial charge is 0.380 e. The lowest BCUT2D eigenvalue weighted by atomic mass is 10.0. The molecule has 3 heteroatoms. The second-order valence-electron chi connectivity index (χ2n) is 5.37. The maximum atomic E-state index is 9.27. The molecular weight excluding hydrogens is 236 g/mol. The minimum Gasteiger partial charge on any atom is -0.380 e. The molecule has 0 aliphatic heterocycles. The molecule has 0 spiro atoms. The van der Waals surface area contributed by atoms with Crippen LogP contribution >= 0.6 is 0 Å². The SMILES string of the molecule is CN(CCOCC1CC1)CC(C#N)c1ccccc1. The van der Waals surface area contributed by atoms with Crippen molar-refractivity contribution in [2.45, 2.75) is 18.8 Å². The fraction of sp³-hybridized carbons (Fsp3) is 0.562. The summed E-state index contributed by atoms with van der Waals surface area (Å²) < 4.78 is 5.62. The Morgan fingerprint density at radius 1 is 1.37 bits per heavy atom. The number of ether oxygens (including phenoxy) is 1. The molecule has 1 aliphatic rings. The maximum Gasteiger partial charge on any atom is 0.0839 e. The van der Waals surface area contributed by atoms with Crippen LogP contribution in [0, 0.1) is 17.2 Å². The van der Waals surface area contributed by atoms with Crippen LogP contribution in [0.15, 0.2) is 30.3 Å². The molecular formula is C16H22N2O. The number of likely N-dealkylation sites (N-methyl/N-ethyl adjacent to an activating group) is 1. The predicted molar refractivity (Wildman–Crippen MR) is 75.8 cm³/mol. The molecule has 3 nitrogen and oxygen atoms in total. The summed E-state index contributed by atoms with van der Waals surface area (Å²) in [5.74, 6) is 0.760. The fourth-order valence-corrected chi connectivity index (χ4v) is 2.06. The quantitative estimate of drug-likeness (QED) is 0.673. The molecule has 1 aromatic rings. The minimum absolute atomic E-state index is 0.0605. The molecule has 0 bridgehead atoms. The topological polar surface area (TPSA) is 36.3 Å². The van der Waals surface area contributed by atoms with Gasteiger partial charge in [0.25, 0.3) is 0 Å². The van der Waals surface area contributed by atoms with E-state index in [4.69, 9.17) is 4.74 Å². The van der Waals surface area contributed by atoms with Crippen LogP contribution in [0.25, 0.3) is 0 Å². The molecule has 0 amide bonds. The van der Waals surface area contributed by atoms with E-state index in [0.717, 1.165) is 37.8 Å². The monoisotopic (exact) mass is 258 g/mol. The van der Waals surface area contributed by atoms with E-state index in [0.29, 0.717) is 0 Å². The Morgan fingerprint density at radius 3 is 2.74 bits per heavy atom. The Balaban J connectivity index is 1.70. The highest BCUT2D eigenvalue weighted by molar-refractivity contribution is 5.25. The number of rotatable bonds is 8. The van der Waals surface area contributed by atoms with E-state index in [1.165, 1.54) is 12.8 Å². The summed E-state index contributed by atoms with van der Waals surface area (Å²) in [5, 5.41) is 9.27. The predicted octanol–water partition coefficient (Wildman–Crippen LogP) is 2.65. The molecule has 1 fully saturated rings. The van der Waals surface area contributed by atoms with Gasteiger partial charge in [-0.15, -0.1) is 0 Å². The molecule has 102 valence electrons. The normalized spacial score (nSPS) is 16.3. The van der Waals surface area contributed by atoms with Gasteiger partial charge in [-0.1, -0.05) is 30.3 Å². The van der Waals surface area contributed by atoms with Crippen LogP contribution in [0.4, 0.5) is 0 Å². The molecule has 0 N–H and O–H groups in total. The number of nitriles is 1. The van der Waals surface area contributed by atoms with Crippen LogP contribution in [0.5, 0.6) is 0 Å². The van der Waals surface area contributed by atoms with Gasteiger partial charge in [0.05, 0.1) is 18.6 Å². The molecule has 1 aromatic carbocycles. The smallest absolute Gasteiger partial charge is 0.0839 e. The van der Waals surface area contributed by atoms with Crippen molar-refractivity contribution in [3.63, 3.8) is 0 Å². The molecule has 19 heavy (non-hydrogen) atoms. The van der Waals surface area contributed by atoms with Crippen LogP contribution in [0.3, 0.4) is 0 Å². The average Bonchev–Trinajstić information content (AvgIpc) is 3.26. The zero-order valence-electron chi connectivity index (χ0n) is 11.6. The maximum absolute atomic E-state index is 9.27. The zero-order valence-corrected chi connectivity index (χ0v) is 11.6. The van der Waals surface area contributed by atoms with Crippen molar-refractivity contribution in [3.8, 4) is 6.07 Å². The van der Waals surface area contributed by atoms with E-state index in [-0.39, 0.29) is 5.92 Å². The van der Waals surface area contributed by atoms with E-state index in [2.05, 4.69) is 11.0 Å². The van der Waals surface area contributed by atoms with E-state index >= 15 is 0 Å². The summed E-state index contributed by atoms with van der Waals surface area (Å²) in [6.45, 7) is 3.32. The van der Waals surface area contributed by atoms with Crippen molar-refractivity contribution in [1.29, 1.82) is 5.26 Å². The Morgan fingerprint density at radius 2 is 2.11 bits per heavy atom. The van der Waals surface area contributed by atoms with Crippen molar-refractivity contribution >= 4 is 0 Å². The van der Waals surface area contributed by atoms with Gasteiger partial charge in [0.2, 0.25) is 0 Å². The molecule has 1 saturated carbocycles. The fourth-order valence-electron chi connectivity index (χ4n) is 2.06. The van der Waals surface area contributed by atoms with Crippen molar-refractivity contribution in [1.82, 2.24) is 4.90 Å².